The fourth-order valence-electron chi connectivity index (χ4n) is 0.498. The van der Waals surface area contributed by atoms with Gasteiger partial charge in [-0.15, -0.1) is 0 Å². The maximum absolute atomic E-state index is 9.75. The number of rotatable bonds is 4. The van der Waals surface area contributed by atoms with Crippen LogP contribution in [-0.4, -0.2) is 22.2 Å². The molecule has 2 N–H and O–H groups in total. The number of hydrogen-bond acceptors (Lipinski definition) is 2. The average molecular weight is 331 g/mol. The van der Waals surface area contributed by atoms with E-state index in [2.05, 4.69) is 0 Å². The van der Waals surface area contributed by atoms with Gasteiger partial charge in [-0.25, -0.2) is 9.59 Å². The summed E-state index contributed by atoms with van der Waals surface area (Å²) < 4.78 is 0. The van der Waals surface area contributed by atoms with Gasteiger partial charge in [-0.1, -0.05) is 36.5 Å². The third-order valence-electron chi connectivity index (χ3n) is 1.08. The quantitative estimate of drug-likeness (QED) is 0.471. The van der Waals surface area contributed by atoms with Gasteiger partial charge >= 0.3 is 11.9 Å². The summed E-state index contributed by atoms with van der Waals surface area (Å²) in [5.41, 5.74) is 0. The average Bonchev–Trinajstić information content (AvgIpc) is 2.18. The van der Waals surface area contributed by atoms with E-state index >= 15 is 0 Å². The first kappa shape index (κ1) is 20.9. The van der Waals surface area contributed by atoms with Gasteiger partial charge in [0.05, 0.1) is 0 Å². The van der Waals surface area contributed by atoms with E-state index in [0.29, 0.717) is 0 Å². The molecule has 0 aromatic heterocycles. The predicted octanol–water partition coefficient (Wildman–Crippen LogP) is 2.40. The van der Waals surface area contributed by atoms with Crippen LogP contribution in [0.1, 0.15) is 13.8 Å². The zero-order valence-corrected chi connectivity index (χ0v) is 11.2. The van der Waals surface area contributed by atoms with Gasteiger partial charge in [0.1, 0.15) is 0 Å². The summed E-state index contributed by atoms with van der Waals surface area (Å²) in [6.07, 6.45) is 12.0. The van der Waals surface area contributed by atoms with Gasteiger partial charge in [-0.2, -0.15) is 0 Å². The molecule has 0 aromatic carbocycles. The van der Waals surface area contributed by atoms with Crippen molar-refractivity contribution in [1.82, 2.24) is 0 Å². The first-order valence-corrected chi connectivity index (χ1v) is 4.59. The summed E-state index contributed by atoms with van der Waals surface area (Å²) in [5.74, 6) is -1.83. The van der Waals surface area contributed by atoms with Gasteiger partial charge in [-0.3, -0.25) is 0 Å². The number of aliphatic carboxylic acids is 2. The third-order valence-corrected chi connectivity index (χ3v) is 1.08. The van der Waals surface area contributed by atoms with Crippen LogP contribution in [0.2, 0.25) is 0 Å². The van der Waals surface area contributed by atoms with Crippen LogP contribution in [0, 0.1) is 0 Å². The second kappa shape index (κ2) is 17.0. The van der Waals surface area contributed by atoms with Gasteiger partial charge in [0, 0.05) is 32.6 Å². The van der Waals surface area contributed by atoms with Crippen LogP contribution in [0.15, 0.2) is 48.6 Å². The molecule has 5 heteroatoms. The van der Waals surface area contributed by atoms with Gasteiger partial charge in [0.15, 0.2) is 0 Å². The molecule has 0 aliphatic carbocycles. The first-order chi connectivity index (χ1) is 7.54. The number of carboxylic acids is 2. The van der Waals surface area contributed by atoms with Crippen LogP contribution in [0.3, 0.4) is 0 Å². The van der Waals surface area contributed by atoms with Crippen molar-refractivity contribution in [2.75, 3.05) is 0 Å². The molecule has 0 amide bonds. The van der Waals surface area contributed by atoms with Crippen LogP contribution in [0.5, 0.6) is 0 Å². The molecule has 0 atom stereocenters. The Bertz CT molecular complexity index is 282. The minimum absolute atomic E-state index is 0. The number of carbonyl (C=O) groups is 2. The molecule has 0 aromatic rings. The Labute approximate surface area is 115 Å². The molecule has 0 spiro atoms. The largest absolute Gasteiger partial charge is 0.478 e. The summed E-state index contributed by atoms with van der Waals surface area (Å²) >= 11 is 0. The standard InChI is InChI=1S/2C6H8O2.Pd/c2*1-2-3-4-5-6(7)8;/h2*2-5H,1H3,(H,7,8);/b2*3-2+,5-4+;. The molecular formula is C12H16O4Pd. The zero-order chi connectivity index (χ0) is 12.8. The van der Waals surface area contributed by atoms with E-state index in [4.69, 9.17) is 10.2 Å². The summed E-state index contributed by atoms with van der Waals surface area (Å²) in [5, 5.41) is 16.0. The fraction of sp³-hybridized carbons (Fsp3) is 0.167. The molecule has 0 aliphatic heterocycles. The summed E-state index contributed by atoms with van der Waals surface area (Å²) in [6, 6.07) is 0. The Balaban J connectivity index is -0.000000218. The smallest absolute Gasteiger partial charge is 0.328 e. The number of allylic oxidation sites excluding steroid dienone is 6. The number of carboxylic acid groups (broad SMARTS) is 2. The first-order valence-electron chi connectivity index (χ1n) is 4.59. The Kier molecular flexibility index (Phi) is 20.9. The van der Waals surface area contributed by atoms with Gasteiger partial charge in [0.2, 0.25) is 0 Å². The summed E-state index contributed by atoms with van der Waals surface area (Å²) in [4.78, 5) is 19.5. The Morgan fingerprint density at radius 1 is 0.765 bits per heavy atom. The van der Waals surface area contributed by atoms with E-state index in [-0.39, 0.29) is 20.4 Å². The minimum Gasteiger partial charge on any atom is -0.478 e. The summed E-state index contributed by atoms with van der Waals surface area (Å²) in [6.45, 7) is 3.65. The van der Waals surface area contributed by atoms with Crippen LogP contribution in [0.4, 0.5) is 0 Å². The molecule has 0 fully saturated rings. The van der Waals surface area contributed by atoms with Crippen LogP contribution < -0.4 is 0 Å². The molecule has 0 rings (SSSR count). The monoisotopic (exact) mass is 330 g/mol. The maximum atomic E-state index is 9.75. The minimum atomic E-state index is -0.914. The van der Waals surface area contributed by atoms with Crippen molar-refractivity contribution in [2.24, 2.45) is 0 Å². The van der Waals surface area contributed by atoms with Crippen molar-refractivity contribution in [3.63, 3.8) is 0 Å². The van der Waals surface area contributed by atoms with Crippen molar-refractivity contribution in [1.29, 1.82) is 0 Å². The van der Waals surface area contributed by atoms with Crippen LogP contribution in [-0.2, 0) is 30.0 Å². The van der Waals surface area contributed by atoms with Crippen LogP contribution >= 0.6 is 0 Å². The molecule has 0 unspecified atom stereocenters. The normalized spacial score (nSPS) is 10.5. The second-order valence-electron chi connectivity index (χ2n) is 2.45. The predicted molar refractivity (Wildman–Crippen MR) is 63.2 cm³/mol. The molecule has 0 heterocycles. The molecule has 0 saturated carbocycles. The van der Waals surface area contributed by atoms with E-state index < -0.39 is 11.9 Å². The molecule has 0 bridgehead atoms. The van der Waals surface area contributed by atoms with E-state index in [9.17, 15) is 9.59 Å². The summed E-state index contributed by atoms with van der Waals surface area (Å²) in [7, 11) is 0. The SMILES string of the molecule is C/C=C/C=C/C(=O)O.C/C=C/C=C/C(=O)O.[Pd]. The molecule has 0 aliphatic rings. The molecule has 98 valence electrons. The maximum Gasteiger partial charge on any atom is 0.328 e. The molecular weight excluding hydrogens is 315 g/mol. The van der Waals surface area contributed by atoms with Crippen LogP contribution in [0.25, 0.3) is 0 Å². The van der Waals surface area contributed by atoms with Crippen molar-refractivity contribution >= 4 is 11.9 Å². The zero-order valence-electron chi connectivity index (χ0n) is 9.65. The fourth-order valence-corrected chi connectivity index (χ4v) is 0.498. The third kappa shape index (κ3) is 31.3. The Morgan fingerprint density at radius 2 is 1.06 bits per heavy atom. The van der Waals surface area contributed by atoms with Gasteiger partial charge in [-0.05, 0) is 13.8 Å². The van der Waals surface area contributed by atoms with E-state index in [0.717, 1.165) is 12.2 Å². The van der Waals surface area contributed by atoms with E-state index in [1.165, 1.54) is 12.2 Å². The van der Waals surface area contributed by atoms with E-state index in [1.807, 2.05) is 13.8 Å². The molecule has 17 heavy (non-hydrogen) atoms. The van der Waals surface area contributed by atoms with Crippen molar-refractivity contribution in [2.45, 2.75) is 13.8 Å². The molecule has 0 saturated heterocycles. The van der Waals surface area contributed by atoms with E-state index in [1.54, 1.807) is 24.3 Å². The Hall–Kier alpha value is -1.44. The van der Waals surface area contributed by atoms with Crippen molar-refractivity contribution in [3.8, 4) is 0 Å². The van der Waals surface area contributed by atoms with Gasteiger partial charge < -0.3 is 10.2 Å². The van der Waals surface area contributed by atoms with Crippen molar-refractivity contribution in [3.05, 3.63) is 48.6 Å². The molecule has 0 radical (unpaired) electrons. The van der Waals surface area contributed by atoms with Crippen molar-refractivity contribution < 1.29 is 40.2 Å². The van der Waals surface area contributed by atoms with Gasteiger partial charge in [0.25, 0.3) is 0 Å². The second-order valence-corrected chi connectivity index (χ2v) is 2.45. The molecule has 4 nitrogen and oxygen atoms in total. The topological polar surface area (TPSA) is 74.6 Å². The number of hydrogen-bond donors (Lipinski definition) is 2. The Morgan fingerprint density at radius 3 is 1.24 bits per heavy atom.